The van der Waals surface area contributed by atoms with Gasteiger partial charge in [0.25, 0.3) is 0 Å². The van der Waals surface area contributed by atoms with Gasteiger partial charge in [-0.1, -0.05) is 11.6 Å². The lowest BCUT2D eigenvalue weighted by Gasteiger charge is -2.23. The van der Waals surface area contributed by atoms with Crippen LogP contribution in [0, 0.1) is 0 Å². The molecular formula is C12H17ClN2. The van der Waals surface area contributed by atoms with Gasteiger partial charge in [-0.05, 0) is 43.7 Å². The van der Waals surface area contributed by atoms with Gasteiger partial charge in [-0.3, -0.25) is 0 Å². The van der Waals surface area contributed by atoms with Crippen LogP contribution in [0.5, 0.6) is 0 Å². The van der Waals surface area contributed by atoms with Crippen molar-refractivity contribution >= 4 is 17.3 Å². The Hall–Kier alpha value is -0.730. The Bertz CT molecular complexity index is 304. The predicted octanol–water partition coefficient (Wildman–Crippen LogP) is 2.53. The zero-order valence-corrected chi connectivity index (χ0v) is 9.80. The molecule has 1 saturated heterocycles. The molecule has 0 spiro atoms. The van der Waals surface area contributed by atoms with Gasteiger partial charge in [0.2, 0.25) is 0 Å². The molecule has 1 atom stereocenters. The van der Waals surface area contributed by atoms with Gasteiger partial charge in [0.15, 0.2) is 0 Å². The molecule has 0 aromatic heterocycles. The number of rotatable bonds is 3. The Morgan fingerprint density at radius 2 is 2.13 bits per heavy atom. The van der Waals surface area contributed by atoms with Crippen LogP contribution in [0.2, 0.25) is 5.02 Å². The largest absolute Gasteiger partial charge is 0.373 e. The summed E-state index contributed by atoms with van der Waals surface area (Å²) in [5, 5.41) is 4.30. The third-order valence-electron chi connectivity index (χ3n) is 2.92. The number of nitrogens with zero attached hydrogens (tertiary/aromatic N) is 1. The van der Waals surface area contributed by atoms with Gasteiger partial charge < -0.3 is 10.2 Å². The smallest absolute Gasteiger partial charge is 0.0407 e. The van der Waals surface area contributed by atoms with Gasteiger partial charge in [-0.15, -0.1) is 0 Å². The predicted molar refractivity (Wildman–Crippen MR) is 65.7 cm³/mol. The fraction of sp³-hybridized carbons (Fsp3) is 0.500. The van der Waals surface area contributed by atoms with E-state index in [1.54, 1.807) is 0 Å². The Balaban J connectivity index is 1.94. The molecule has 1 aromatic rings. The van der Waals surface area contributed by atoms with Crippen LogP contribution in [-0.4, -0.2) is 26.2 Å². The minimum atomic E-state index is 0.644. The molecule has 0 bridgehead atoms. The summed E-state index contributed by atoms with van der Waals surface area (Å²) in [7, 11) is 2.13. The van der Waals surface area contributed by atoms with E-state index in [0.29, 0.717) is 6.04 Å². The maximum atomic E-state index is 5.86. The van der Waals surface area contributed by atoms with Crippen LogP contribution in [0.15, 0.2) is 24.3 Å². The maximum Gasteiger partial charge on any atom is 0.0407 e. The first-order valence-electron chi connectivity index (χ1n) is 5.46. The highest BCUT2D eigenvalue weighted by Crippen LogP contribution is 2.18. The summed E-state index contributed by atoms with van der Waals surface area (Å²) in [6.45, 7) is 2.24. The SMILES string of the molecule is CN(C[C@@H]1CCCN1)c1ccc(Cl)cc1. The summed E-state index contributed by atoms with van der Waals surface area (Å²) in [6, 6.07) is 8.66. The number of hydrogen-bond donors (Lipinski definition) is 1. The fourth-order valence-electron chi connectivity index (χ4n) is 2.04. The number of halogens is 1. The molecule has 1 fully saturated rings. The van der Waals surface area contributed by atoms with Crippen molar-refractivity contribution in [3.63, 3.8) is 0 Å². The molecule has 1 aliphatic rings. The monoisotopic (exact) mass is 224 g/mol. The highest BCUT2D eigenvalue weighted by atomic mass is 35.5. The molecule has 82 valence electrons. The van der Waals surface area contributed by atoms with E-state index >= 15 is 0 Å². The van der Waals surface area contributed by atoms with E-state index in [1.165, 1.54) is 25.1 Å². The van der Waals surface area contributed by atoms with Crippen molar-refractivity contribution in [3.05, 3.63) is 29.3 Å². The van der Waals surface area contributed by atoms with Gasteiger partial charge in [-0.2, -0.15) is 0 Å². The summed E-state index contributed by atoms with van der Waals surface area (Å²) in [6.07, 6.45) is 2.59. The summed E-state index contributed by atoms with van der Waals surface area (Å²) in [5.74, 6) is 0. The van der Waals surface area contributed by atoms with Gasteiger partial charge in [0, 0.05) is 30.3 Å². The molecule has 0 unspecified atom stereocenters. The highest BCUT2D eigenvalue weighted by molar-refractivity contribution is 6.30. The summed E-state index contributed by atoms with van der Waals surface area (Å²) in [5.41, 5.74) is 1.23. The van der Waals surface area contributed by atoms with Crippen LogP contribution in [0.25, 0.3) is 0 Å². The van der Waals surface area contributed by atoms with E-state index in [4.69, 9.17) is 11.6 Å². The van der Waals surface area contributed by atoms with Crippen LogP contribution in [-0.2, 0) is 0 Å². The Morgan fingerprint density at radius 3 is 2.73 bits per heavy atom. The molecule has 0 amide bonds. The Kier molecular flexibility index (Phi) is 3.49. The number of anilines is 1. The van der Waals surface area contributed by atoms with Crippen molar-refractivity contribution in [3.8, 4) is 0 Å². The third kappa shape index (κ3) is 2.86. The Morgan fingerprint density at radius 1 is 1.40 bits per heavy atom. The third-order valence-corrected chi connectivity index (χ3v) is 3.18. The number of benzene rings is 1. The molecular weight excluding hydrogens is 208 g/mol. The molecule has 2 nitrogen and oxygen atoms in total. The van der Waals surface area contributed by atoms with Gasteiger partial charge in [-0.25, -0.2) is 0 Å². The first kappa shape index (κ1) is 10.8. The molecule has 0 saturated carbocycles. The molecule has 2 rings (SSSR count). The Labute approximate surface area is 96.2 Å². The van der Waals surface area contributed by atoms with Crippen molar-refractivity contribution in [1.82, 2.24) is 5.32 Å². The van der Waals surface area contributed by atoms with E-state index in [9.17, 15) is 0 Å². The molecule has 1 N–H and O–H groups in total. The van der Waals surface area contributed by atoms with Gasteiger partial charge in [0.05, 0.1) is 0 Å². The van der Waals surface area contributed by atoms with Crippen LogP contribution < -0.4 is 10.2 Å². The topological polar surface area (TPSA) is 15.3 Å². The quantitative estimate of drug-likeness (QED) is 0.849. The van der Waals surface area contributed by atoms with E-state index in [1.807, 2.05) is 12.1 Å². The fourth-order valence-corrected chi connectivity index (χ4v) is 2.17. The maximum absolute atomic E-state index is 5.86. The summed E-state index contributed by atoms with van der Waals surface area (Å²) < 4.78 is 0. The lowest BCUT2D eigenvalue weighted by molar-refractivity contribution is 0.600. The van der Waals surface area contributed by atoms with Crippen molar-refractivity contribution in [1.29, 1.82) is 0 Å². The average Bonchev–Trinajstić information content (AvgIpc) is 2.71. The van der Waals surface area contributed by atoms with Crippen molar-refractivity contribution in [2.45, 2.75) is 18.9 Å². The van der Waals surface area contributed by atoms with E-state index < -0.39 is 0 Å². The minimum Gasteiger partial charge on any atom is -0.373 e. The van der Waals surface area contributed by atoms with Crippen LogP contribution in [0.4, 0.5) is 5.69 Å². The molecule has 3 heteroatoms. The lowest BCUT2D eigenvalue weighted by atomic mass is 10.2. The van der Waals surface area contributed by atoms with E-state index in [-0.39, 0.29) is 0 Å². The lowest BCUT2D eigenvalue weighted by Crippen LogP contribution is -2.35. The number of hydrogen-bond acceptors (Lipinski definition) is 2. The molecule has 0 aliphatic carbocycles. The van der Waals surface area contributed by atoms with E-state index in [0.717, 1.165) is 11.6 Å². The second kappa shape index (κ2) is 4.86. The van der Waals surface area contributed by atoms with E-state index in [2.05, 4.69) is 29.4 Å². The summed E-state index contributed by atoms with van der Waals surface area (Å²) in [4.78, 5) is 2.28. The highest BCUT2D eigenvalue weighted by Gasteiger charge is 2.15. The summed E-state index contributed by atoms with van der Waals surface area (Å²) >= 11 is 5.86. The second-order valence-electron chi connectivity index (χ2n) is 4.15. The number of likely N-dealkylation sites (N-methyl/N-ethyl adjacent to an activating group) is 1. The van der Waals surface area contributed by atoms with Gasteiger partial charge in [0.1, 0.15) is 0 Å². The molecule has 1 aliphatic heterocycles. The first-order chi connectivity index (χ1) is 7.25. The van der Waals surface area contributed by atoms with Crippen LogP contribution >= 0.6 is 11.6 Å². The standard InChI is InChI=1S/C12H17ClN2/c1-15(9-11-3-2-8-14-11)12-6-4-10(13)5-7-12/h4-7,11,14H,2-3,8-9H2,1H3/t11-/m0/s1. The van der Waals surface area contributed by atoms with Crippen LogP contribution in [0.1, 0.15) is 12.8 Å². The first-order valence-corrected chi connectivity index (χ1v) is 5.83. The van der Waals surface area contributed by atoms with Crippen molar-refractivity contribution in [2.24, 2.45) is 0 Å². The normalized spacial score (nSPS) is 20.5. The minimum absolute atomic E-state index is 0.644. The van der Waals surface area contributed by atoms with Crippen molar-refractivity contribution in [2.75, 3.05) is 25.0 Å². The number of nitrogens with one attached hydrogen (secondary N) is 1. The zero-order valence-electron chi connectivity index (χ0n) is 9.04. The molecule has 0 radical (unpaired) electrons. The van der Waals surface area contributed by atoms with Gasteiger partial charge >= 0.3 is 0 Å². The molecule has 15 heavy (non-hydrogen) atoms. The zero-order chi connectivity index (χ0) is 10.7. The second-order valence-corrected chi connectivity index (χ2v) is 4.59. The van der Waals surface area contributed by atoms with Crippen LogP contribution in [0.3, 0.4) is 0 Å². The molecule has 1 heterocycles. The molecule has 1 aromatic carbocycles. The average molecular weight is 225 g/mol. The van der Waals surface area contributed by atoms with Crippen molar-refractivity contribution < 1.29 is 0 Å².